The normalized spacial score (nSPS) is 12.5. The Kier molecular flexibility index (Phi) is 6.08. The third kappa shape index (κ3) is 4.64. The first-order chi connectivity index (χ1) is 12.1. The van der Waals surface area contributed by atoms with E-state index in [9.17, 15) is 13.2 Å². The Morgan fingerprint density at radius 1 is 1.04 bits per heavy atom. The summed E-state index contributed by atoms with van der Waals surface area (Å²) in [6.45, 7) is 7.70. The molecule has 5 nitrogen and oxygen atoms in total. The number of sulfonamides is 1. The molecule has 0 spiro atoms. The van der Waals surface area contributed by atoms with Gasteiger partial charge in [0.2, 0.25) is 15.9 Å². The Balaban J connectivity index is 2.36. The Bertz CT molecular complexity index is 890. The van der Waals surface area contributed by atoms with Crippen molar-refractivity contribution in [3.63, 3.8) is 0 Å². The molecule has 140 valence electrons. The maximum Gasteiger partial charge on any atom is 0.248 e. The number of rotatable bonds is 6. The molecule has 0 unspecified atom stereocenters. The molecule has 0 saturated carbocycles. The van der Waals surface area contributed by atoms with Gasteiger partial charge in [-0.3, -0.25) is 9.10 Å². The summed E-state index contributed by atoms with van der Waals surface area (Å²) in [5.74, 6) is -0.346. The fraction of sp³-hybridized carbons (Fsp3) is 0.350. The number of carbonyl (C=O) groups excluding carboxylic acids is 1. The van der Waals surface area contributed by atoms with Gasteiger partial charge in [0.1, 0.15) is 6.04 Å². The Labute approximate surface area is 156 Å². The van der Waals surface area contributed by atoms with E-state index in [4.69, 9.17) is 0 Å². The summed E-state index contributed by atoms with van der Waals surface area (Å²) in [6.07, 6.45) is 1.48. The molecule has 26 heavy (non-hydrogen) atoms. The van der Waals surface area contributed by atoms with Crippen LogP contribution < -0.4 is 9.62 Å². The van der Waals surface area contributed by atoms with E-state index >= 15 is 0 Å². The monoisotopic (exact) mass is 374 g/mol. The van der Waals surface area contributed by atoms with E-state index in [1.807, 2.05) is 51.1 Å². The predicted octanol–water partition coefficient (Wildman–Crippen LogP) is 3.80. The van der Waals surface area contributed by atoms with Crippen LogP contribution in [-0.2, 0) is 14.8 Å². The third-order valence-electron chi connectivity index (χ3n) is 4.39. The molecule has 0 heterocycles. The van der Waals surface area contributed by atoms with Crippen LogP contribution in [0.25, 0.3) is 0 Å². The number of aryl methyl sites for hydroxylation is 3. The summed E-state index contributed by atoms with van der Waals surface area (Å²) in [6, 6.07) is 11.9. The average Bonchev–Trinajstić information content (AvgIpc) is 2.56. The van der Waals surface area contributed by atoms with E-state index in [1.165, 1.54) is 4.31 Å². The molecule has 0 aliphatic heterocycles. The fourth-order valence-corrected chi connectivity index (χ4v) is 4.01. The molecule has 2 aromatic carbocycles. The molecule has 0 saturated heterocycles. The number of hydrogen-bond acceptors (Lipinski definition) is 3. The number of carbonyl (C=O) groups is 1. The topological polar surface area (TPSA) is 66.5 Å². The standard InChI is InChI=1S/C20H26N2O3S/c1-6-19(20(23)21-17-10-9-15(3)16(4)13-17)22(26(5,24)25)18-11-7-14(2)8-12-18/h7-13,19H,6H2,1-5H3,(H,21,23)/t19-/m0/s1. The quantitative estimate of drug-likeness (QED) is 0.836. The first-order valence-corrected chi connectivity index (χ1v) is 10.4. The molecule has 1 amide bonds. The van der Waals surface area contributed by atoms with Crippen LogP contribution in [0.3, 0.4) is 0 Å². The minimum absolute atomic E-state index is 0.346. The highest BCUT2D eigenvalue weighted by Gasteiger charge is 2.31. The third-order valence-corrected chi connectivity index (χ3v) is 5.57. The zero-order valence-electron chi connectivity index (χ0n) is 15.9. The van der Waals surface area contributed by atoms with Crippen molar-refractivity contribution in [3.05, 3.63) is 59.2 Å². The van der Waals surface area contributed by atoms with Gasteiger partial charge in [0, 0.05) is 5.69 Å². The lowest BCUT2D eigenvalue weighted by molar-refractivity contribution is -0.117. The van der Waals surface area contributed by atoms with Gasteiger partial charge < -0.3 is 5.32 Å². The second-order valence-corrected chi connectivity index (χ2v) is 8.47. The predicted molar refractivity (Wildman–Crippen MR) is 107 cm³/mol. The molecule has 2 rings (SSSR count). The van der Waals surface area contributed by atoms with Crippen LogP contribution in [0.2, 0.25) is 0 Å². The number of benzene rings is 2. The van der Waals surface area contributed by atoms with Gasteiger partial charge in [-0.15, -0.1) is 0 Å². The van der Waals surface area contributed by atoms with Crippen LogP contribution in [0.15, 0.2) is 42.5 Å². The van der Waals surface area contributed by atoms with Crippen molar-refractivity contribution in [2.24, 2.45) is 0 Å². The molecule has 0 bridgehead atoms. The number of nitrogens with zero attached hydrogens (tertiary/aromatic N) is 1. The lowest BCUT2D eigenvalue weighted by Gasteiger charge is -2.30. The van der Waals surface area contributed by atoms with Gasteiger partial charge in [0.05, 0.1) is 11.9 Å². The highest BCUT2D eigenvalue weighted by atomic mass is 32.2. The van der Waals surface area contributed by atoms with Crippen molar-refractivity contribution >= 4 is 27.3 Å². The van der Waals surface area contributed by atoms with E-state index in [0.717, 1.165) is 22.9 Å². The van der Waals surface area contributed by atoms with Gasteiger partial charge in [-0.05, 0) is 62.6 Å². The van der Waals surface area contributed by atoms with Crippen LogP contribution in [0.5, 0.6) is 0 Å². The molecule has 0 fully saturated rings. The van der Waals surface area contributed by atoms with E-state index in [0.29, 0.717) is 17.8 Å². The van der Waals surface area contributed by atoms with Crippen LogP contribution >= 0.6 is 0 Å². The van der Waals surface area contributed by atoms with Crippen LogP contribution in [0.1, 0.15) is 30.0 Å². The SMILES string of the molecule is CC[C@@H](C(=O)Nc1ccc(C)c(C)c1)N(c1ccc(C)cc1)S(C)(=O)=O. The van der Waals surface area contributed by atoms with Crippen molar-refractivity contribution in [1.82, 2.24) is 0 Å². The van der Waals surface area contributed by atoms with Crippen LogP contribution in [0, 0.1) is 20.8 Å². The second kappa shape index (κ2) is 7.91. The van der Waals surface area contributed by atoms with E-state index in [1.54, 1.807) is 19.1 Å². The second-order valence-electron chi connectivity index (χ2n) is 6.61. The van der Waals surface area contributed by atoms with E-state index < -0.39 is 16.1 Å². The Morgan fingerprint density at radius 3 is 2.15 bits per heavy atom. The zero-order valence-corrected chi connectivity index (χ0v) is 16.7. The number of hydrogen-bond donors (Lipinski definition) is 1. The van der Waals surface area contributed by atoms with Crippen molar-refractivity contribution in [1.29, 1.82) is 0 Å². The van der Waals surface area contributed by atoms with Gasteiger partial charge in [0.15, 0.2) is 0 Å². The maximum absolute atomic E-state index is 12.9. The van der Waals surface area contributed by atoms with Crippen LogP contribution in [-0.4, -0.2) is 26.6 Å². The maximum atomic E-state index is 12.9. The largest absolute Gasteiger partial charge is 0.324 e. The van der Waals surface area contributed by atoms with Gasteiger partial charge in [-0.25, -0.2) is 8.42 Å². The number of anilines is 2. The summed E-state index contributed by atoms with van der Waals surface area (Å²) in [7, 11) is -3.62. The van der Waals surface area contributed by atoms with Gasteiger partial charge in [-0.1, -0.05) is 30.7 Å². The molecular weight excluding hydrogens is 348 g/mol. The lowest BCUT2D eigenvalue weighted by Crippen LogP contribution is -2.47. The molecule has 0 radical (unpaired) electrons. The summed E-state index contributed by atoms with van der Waals surface area (Å²) >= 11 is 0. The zero-order chi connectivity index (χ0) is 19.5. The summed E-state index contributed by atoms with van der Waals surface area (Å²) in [5.41, 5.74) is 4.37. The Hall–Kier alpha value is -2.34. The summed E-state index contributed by atoms with van der Waals surface area (Å²) in [5, 5.41) is 2.85. The van der Waals surface area contributed by atoms with Crippen molar-refractivity contribution in [2.75, 3.05) is 15.9 Å². The van der Waals surface area contributed by atoms with Gasteiger partial charge in [0.25, 0.3) is 0 Å². The molecule has 0 aliphatic rings. The highest BCUT2D eigenvalue weighted by Crippen LogP contribution is 2.24. The van der Waals surface area contributed by atoms with Crippen molar-refractivity contribution < 1.29 is 13.2 Å². The first-order valence-electron chi connectivity index (χ1n) is 8.57. The van der Waals surface area contributed by atoms with Gasteiger partial charge >= 0.3 is 0 Å². The Morgan fingerprint density at radius 2 is 1.65 bits per heavy atom. The molecule has 1 N–H and O–H groups in total. The summed E-state index contributed by atoms with van der Waals surface area (Å²) < 4.78 is 26.0. The van der Waals surface area contributed by atoms with Crippen molar-refractivity contribution in [3.8, 4) is 0 Å². The number of nitrogens with one attached hydrogen (secondary N) is 1. The van der Waals surface area contributed by atoms with E-state index in [-0.39, 0.29) is 5.91 Å². The molecule has 2 aromatic rings. The minimum Gasteiger partial charge on any atom is -0.324 e. The smallest absolute Gasteiger partial charge is 0.248 e. The lowest BCUT2D eigenvalue weighted by atomic mass is 10.1. The molecule has 0 aromatic heterocycles. The minimum atomic E-state index is -3.62. The summed E-state index contributed by atoms with van der Waals surface area (Å²) in [4.78, 5) is 12.9. The average molecular weight is 375 g/mol. The highest BCUT2D eigenvalue weighted by molar-refractivity contribution is 7.92. The first kappa shape index (κ1) is 20.0. The molecular formula is C20H26N2O3S. The number of amides is 1. The molecule has 1 atom stereocenters. The fourth-order valence-electron chi connectivity index (χ4n) is 2.80. The van der Waals surface area contributed by atoms with Crippen LogP contribution in [0.4, 0.5) is 11.4 Å². The van der Waals surface area contributed by atoms with Gasteiger partial charge in [-0.2, -0.15) is 0 Å². The van der Waals surface area contributed by atoms with Crippen molar-refractivity contribution in [2.45, 2.75) is 40.2 Å². The molecule has 0 aliphatic carbocycles. The van der Waals surface area contributed by atoms with E-state index in [2.05, 4.69) is 5.32 Å². The molecule has 6 heteroatoms.